The maximum Gasteiger partial charge on any atom is 0.417 e. The lowest BCUT2D eigenvalue weighted by Gasteiger charge is -2.29. The summed E-state index contributed by atoms with van der Waals surface area (Å²) in [6.45, 7) is 16.8. The third-order valence-electron chi connectivity index (χ3n) is 7.87. The molecule has 5 atom stereocenters. The van der Waals surface area contributed by atoms with Gasteiger partial charge in [-0.15, -0.1) is 6.58 Å². The van der Waals surface area contributed by atoms with Gasteiger partial charge in [0.1, 0.15) is 24.0 Å². The molecule has 0 radical (unpaired) electrons. The molecule has 48 heavy (non-hydrogen) atoms. The number of aliphatic hydroxyl groups excluding tert-OH is 1. The van der Waals surface area contributed by atoms with Crippen LogP contribution in [0.15, 0.2) is 59.3 Å². The number of aromatic nitrogens is 1. The molecule has 3 rings (SSSR count). The minimum atomic E-state index is -0.924. The van der Waals surface area contributed by atoms with E-state index in [0.717, 1.165) is 10.5 Å². The number of esters is 1. The first-order valence-corrected chi connectivity index (χ1v) is 16.5. The van der Waals surface area contributed by atoms with Crippen molar-refractivity contribution in [1.82, 2.24) is 14.8 Å². The summed E-state index contributed by atoms with van der Waals surface area (Å²) in [5, 5.41) is 10.9. The molecule has 0 aliphatic carbocycles. The summed E-state index contributed by atoms with van der Waals surface area (Å²) in [6.07, 6.45) is 9.39. The number of hydrogen-bond acceptors (Lipinski definition) is 10. The highest BCUT2D eigenvalue weighted by atomic mass is 16.6. The molecule has 2 aliphatic rings. The van der Waals surface area contributed by atoms with Crippen LogP contribution in [0, 0.1) is 11.8 Å². The molecule has 1 aromatic heterocycles. The third kappa shape index (κ3) is 11.3. The molecule has 1 unspecified atom stereocenters. The van der Waals surface area contributed by atoms with Gasteiger partial charge >= 0.3 is 12.1 Å². The standard InChI is InChI=1S/C36H51N3O9/c1-9-18-45-27-19-24(4)12-10-17-39(35(44)48-36(6,7)8)31(41)15-14-25(5)32(23(2)3)47-34(43)29-13-11-16-38(29)33(42)28-22-46-30(37-28)21-26(40)20-27/h9-10,12,14-15,19,22-23,25-27,29,32,40H,1,11,13,16-18,20-21H2,2-8H3/b12-10+,15-14+,24-19+/t25-,26-,27-,29?,32-/m1/s1. The quantitative estimate of drug-likeness (QED) is 0.336. The van der Waals surface area contributed by atoms with Crippen molar-refractivity contribution in [3.05, 3.63) is 66.5 Å². The van der Waals surface area contributed by atoms with Gasteiger partial charge in [0.25, 0.3) is 11.8 Å². The Labute approximate surface area is 283 Å². The van der Waals surface area contributed by atoms with Crippen molar-refractivity contribution < 1.29 is 42.9 Å². The number of rotatable bonds is 4. The van der Waals surface area contributed by atoms with Crippen molar-refractivity contribution in [3.8, 4) is 0 Å². The van der Waals surface area contributed by atoms with Gasteiger partial charge < -0.3 is 28.6 Å². The van der Waals surface area contributed by atoms with E-state index in [1.165, 1.54) is 17.2 Å². The van der Waals surface area contributed by atoms with Crippen molar-refractivity contribution in [2.24, 2.45) is 11.8 Å². The van der Waals surface area contributed by atoms with E-state index < -0.39 is 59.7 Å². The highest BCUT2D eigenvalue weighted by molar-refractivity contribution is 5.99. The van der Waals surface area contributed by atoms with Crippen LogP contribution in [0.5, 0.6) is 0 Å². The summed E-state index contributed by atoms with van der Waals surface area (Å²) in [4.78, 5) is 60.2. The van der Waals surface area contributed by atoms with E-state index in [4.69, 9.17) is 18.6 Å². The summed E-state index contributed by atoms with van der Waals surface area (Å²) >= 11 is 0. The Bertz CT molecular complexity index is 1390. The van der Waals surface area contributed by atoms with Crippen LogP contribution < -0.4 is 0 Å². The van der Waals surface area contributed by atoms with Crippen molar-refractivity contribution in [1.29, 1.82) is 0 Å². The van der Waals surface area contributed by atoms with Gasteiger partial charge in [0.15, 0.2) is 11.6 Å². The maximum atomic E-state index is 13.5. The highest BCUT2D eigenvalue weighted by Gasteiger charge is 2.39. The molecule has 1 fully saturated rings. The number of ether oxygens (including phenoxy) is 3. The molecule has 264 valence electrons. The Kier molecular flexibility index (Phi) is 13.9. The SMILES string of the molecule is C=CCO[C@@H]1/C=C(C)/C=C/CN(C(=O)OC(C)(C)C)C(=O)/C=C/[C@@H](C)[C@@H](C(C)C)OC(=O)C2CCCN2C(=O)c2coc(n2)C[C@H](O)C1. The number of imide groups is 1. The van der Waals surface area contributed by atoms with Crippen LogP contribution in [0.1, 0.15) is 84.1 Å². The Morgan fingerprint density at radius 1 is 1.23 bits per heavy atom. The topological polar surface area (TPSA) is 149 Å². The summed E-state index contributed by atoms with van der Waals surface area (Å²) in [6, 6.07) is -0.809. The van der Waals surface area contributed by atoms with Crippen molar-refractivity contribution in [2.45, 2.75) is 104 Å². The number of cyclic esters (lactones) is 1. The Morgan fingerprint density at radius 2 is 1.96 bits per heavy atom. The summed E-state index contributed by atoms with van der Waals surface area (Å²) in [5.74, 6) is -1.94. The van der Waals surface area contributed by atoms with Gasteiger partial charge in [-0.1, -0.05) is 56.7 Å². The van der Waals surface area contributed by atoms with Crippen LogP contribution in [-0.4, -0.2) is 93.4 Å². The molecule has 3 amide bonds. The highest BCUT2D eigenvalue weighted by Crippen LogP contribution is 2.26. The van der Waals surface area contributed by atoms with E-state index in [-0.39, 0.29) is 43.5 Å². The van der Waals surface area contributed by atoms with Crippen LogP contribution in [-0.2, 0) is 30.2 Å². The molecule has 12 heteroatoms. The van der Waals surface area contributed by atoms with E-state index >= 15 is 0 Å². The fourth-order valence-electron chi connectivity index (χ4n) is 5.59. The molecule has 1 N–H and O–H groups in total. The molecule has 1 saturated heterocycles. The number of carbonyl (C=O) groups excluding carboxylic acids is 4. The predicted octanol–water partition coefficient (Wildman–Crippen LogP) is 5.18. The van der Waals surface area contributed by atoms with E-state index in [1.807, 2.05) is 33.8 Å². The van der Waals surface area contributed by atoms with Crippen LogP contribution in [0.2, 0.25) is 0 Å². The Balaban J connectivity index is 1.99. The third-order valence-corrected chi connectivity index (χ3v) is 7.87. The zero-order valence-electron chi connectivity index (χ0n) is 29.2. The van der Waals surface area contributed by atoms with E-state index in [1.54, 1.807) is 45.1 Å². The summed E-state index contributed by atoms with van der Waals surface area (Å²) in [7, 11) is 0. The molecular weight excluding hydrogens is 618 g/mol. The molecular formula is C36H51N3O9. The predicted molar refractivity (Wildman–Crippen MR) is 179 cm³/mol. The molecule has 2 aliphatic heterocycles. The van der Waals surface area contributed by atoms with Crippen LogP contribution in [0.25, 0.3) is 0 Å². The number of carbonyl (C=O) groups is 4. The lowest BCUT2D eigenvalue weighted by molar-refractivity contribution is -0.158. The average molecular weight is 670 g/mol. The van der Waals surface area contributed by atoms with E-state index in [2.05, 4.69) is 11.6 Å². The molecule has 0 spiro atoms. The minimum Gasteiger partial charge on any atom is -0.460 e. The summed E-state index contributed by atoms with van der Waals surface area (Å²) in [5.41, 5.74) is -0.0231. The van der Waals surface area contributed by atoms with Gasteiger partial charge in [0.05, 0.1) is 31.8 Å². The van der Waals surface area contributed by atoms with Crippen LogP contribution in [0.3, 0.4) is 0 Å². The molecule has 3 heterocycles. The van der Waals surface area contributed by atoms with Crippen molar-refractivity contribution in [2.75, 3.05) is 19.7 Å². The molecule has 0 saturated carbocycles. The number of allylic oxidation sites excluding steroid dienone is 2. The van der Waals surface area contributed by atoms with Gasteiger partial charge in [-0.2, -0.15) is 0 Å². The second-order valence-electron chi connectivity index (χ2n) is 13.6. The lowest BCUT2D eigenvalue weighted by atomic mass is 9.94. The number of amides is 3. The van der Waals surface area contributed by atoms with Crippen LogP contribution >= 0.6 is 0 Å². The first-order chi connectivity index (χ1) is 22.6. The zero-order chi connectivity index (χ0) is 35.6. The van der Waals surface area contributed by atoms with Gasteiger partial charge in [0.2, 0.25) is 0 Å². The van der Waals surface area contributed by atoms with E-state index in [9.17, 15) is 24.3 Å². The van der Waals surface area contributed by atoms with Gasteiger partial charge in [0, 0.05) is 25.0 Å². The molecule has 1 aromatic rings. The zero-order valence-corrected chi connectivity index (χ0v) is 29.2. The Morgan fingerprint density at radius 3 is 2.62 bits per heavy atom. The maximum absolute atomic E-state index is 13.5. The number of oxazole rings is 1. The largest absolute Gasteiger partial charge is 0.460 e. The fraction of sp³-hybridized carbons (Fsp3) is 0.583. The minimum absolute atomic E-state index is 0.0311. The number of aliphatic hydroxyl groups is 1. The first kappa shape index (κ1) is 38.4. The second kappa shape index (κ2) is 17.4. The fourth-order valence-corrected chi connectivity index (χ4v) is 5.59. The second-order valence-corrected chi connectivity index (χ2v) is 13.6. The number of fused-ring (bicyclic) bond motifs is 3. The Hall–Kier alpha value is -4.03. The lowest BCUT2D eigenvalue weighted by Crippen LogP contribution is -2.44. The van der Waals surface area contributed by atoms with E-state index in [0.29, 0.717) is 19.4 Å². The smallest absolute Gasteiger partial charge is 0.417 e. The first-order valence-electron chi connectivity index (χ1n) is 16.5. The number of hydrogen-bond donors (Lipinski definition) is 1. The molecule has 12 nitrogen and oxygen atoms in total. The van der Waals surface area contributed by atoms with Gasteiger partial charge in [-0.05, 0) is 46.5 Å². The summed E-state index contributed by atoms with van der Waals surface area (Å²) < 4.78 is 22.9. The van der Waals surface area contributed by atoms with Gasteiger partial charge in [-0.25, -0.2) is 19.5 Å². The van der Waals surface area contributed by atoms with Crippen LogP contribution in [0.4, 0.5) is 4.79 Å². The van der Waals surface area contributed by atoms with Crippen molar-refractivity contribution in [3.63, 3.8) is 0 Å². The van der Waals surface area contributed by atoms with Crippen molar-refractivity contribution >= 4 is 23.9 Å². The monoisotopic (exact) mass is 669 g/mol. The number of nitrogens with zero attached hydrogens (tertiary/aromatic N) is 3. The molecule has 0 aromatic carbocycles. The average Bonchev–Trinajstić information content (AvgIpc) is 3.68. The normalized spacial score (nSPS) is 27.9. The van der Waals surface area contributed by atoms with Gasteiger partial charge in [-0.3, -0.25) is 9.59 Å². The molecule has 2 bridgehead atoms.